The number of anilines is 2. The van der Waals surface area contributed by atoms with E-state index in [-0.39, 0.29) is 18.1 Å². The molecule has 1 amide bonds. The number of nitrogens with one attached hydrogen (secondary N) is 1. The summed E-state index contributed by atoms with van der Waals surface area (Å²) in [5.74, 6) is -0.903. The van der Waals surface area contributed by atoms with Crippen molar-refractivity contribution in [1.82, 2.24) is 4.31 Å². The van der Waals surface area contributed by atoms with E-state index in [2.05, 4.69) is 5.32 Å². The summed E-state index contributed by atoms with van der Waals surface area (Å²) in [6.45, 7) is 3.79. The zero-order chi connectivity index (χ0) is 23.5. The molecular weight excluding hydrogens is 429 g/mol. The van der Waals surface area contributed by atoms with Crippen LogP contribution in [0.15, 0.2) is 66.7 Å². The predicted molar refractivity (Wildman–Crippen MR) is 126 cm³/mol. The second kappa shape index (κ2) is 9.50. The zero-order valence-corrected chi connectivity index (χ0v) is 19.3. The molecule has 0 aliphatic heterocycles. The Morgan fingerprint density at radius 2 is 1.62 bits per heavy atom. The van der Waals surface area contributed by atoms with Gasteiger partial charge in [0.2, 0.25) is 0 Å². The molecule has 0 radical (unpaired) electrons. The van der Waals surface area contributed by atoms with Crippen molar-refractivity contribution in [2.75, 3.05) is 23.7 Å². The lowest BCUT2D eigenvalue weighted by Crippen LogP contribution is -2.40. The Kier molecular flexibility index (Phi) is 6.96. The number of benzene rings is 3. The highest BCUT2D eigenvalue weighted by molar-refractivity contribution is 7.90. The number of carbonyl (C=O) groups excluding carboxylic acids is 1. The zero-order valence-electron chi connectivity index (χ0n) is 18.5. The fourth-order valence-corrected chi connectivity index (χ4v) is 4.24. The van der Waals surface area contributed by atoms with Gasteiger partial charge < -0.3 is 5.32 Å². The van der Waals surface area contributed by atoms with Crippen LogP contribution >= 0.6 is 0 Å². The van der Waals surface area contributed by atoms with Crippen molar-refractivity contribution < 1.29 is 17.6 Å². The first-order valence-corrected chi connectivity index (χ1v) is 11.4. The van der Waals surface area contributed by atoms with Crippen molar-refractivity contribution in [2.45, 2.75) is 20.4 Å². The molecule has 0 saturated carbocycles. The molecule has 8 heteroatoms. The van der Waals surface area contributed by atoms with Crippen molar-refractivity contribution >= 4 is 27.5 Å². The Morgan fingerprint density at radius 1 is 0.969 bits per heavy atom. The van der Waals surface area contributed by atoms with Gasteiger partial charge in [-0.3, -0.25) is 9.10 Å². The molecule has 0 atom stereocenters. The molecule has 0 spiro atoms. The summed E-state index contributed by atoms with van der Waals surface area (Å²) < 4.78 is 42.1. The van der Waals surface area contributed by atoms with Crippen molar-refractivity contribution in [3.63, 3.8) is 0 Å². The Bertz CT molecular complexity index is 1230. The molecule has 0 heterocycles. The molecule has 3 aromatic carbocycles. The Balaban J connectivity index is 1.84. The second-order valence-electron chi connectivity index (χ2n) is 7.72. The normalized spacial score (nSPS) is 11.4. The maximum Gasteiger partial charge on any atom is 0.303 e. The van der Waals surface area contributed by atoms with Crippen LogP contribution in [0.3, 0.4) is 0 Å². The smallest absolute Gasteiger partial charge is 0.303 e. The van der Waals surface area contributed by atoms with E-state index in [1.807, 2.05) is 32.0 Å². The number of halogens is 1. The lowest BCUT2D eigenvalue weighted by Gasteiger charge is -2.27. The van der Waals surface area contributed by atoms with Crippen molar-refractivity contribution in [3.05, 3.63) is 94.8 Å². The van der Waals surface area contributed by atoms with Gasteiger partial charge in [0.25, 0.3) is 5.91 Å². The van der Waals surface area contributed by atoms with Gasteiger partial charge in [-0.2, -0.15) is 12.7 Å². The van der Waals surface area contributed by atoms with E-state index in [0.717, 1.165) is 25.4 Å². The van der Waals surface area contributed by atoms with Gasteiger partial charge in [-0.25, -0.2) is 4.39 Å². The topological polar surface area (TPSA) is 69.7 Å². The first-order valence-electron chi connectivity index (χ1n) is 10.0. The lowest BCUT2D eigenvalue weighted by molar-refractivity contribution is 0.102. The van der Waals surface area contributed by atoms with Crippen molar-refractivity contribution in [3.8, 4) is 0 Å². The van der Waals surface area contributed by atoms with Gasteiger partial charge in [-0.1, -0.05) is 36.4 Å². The number of para-hydroxylation sites is 1. The van der Waals surface area contributed by atoms with Gasteiger partial charge in [0.1, 0.15) is 5.82 Å². The third kappa shape index (κ3) is 5.15. The van der Waals surface area contributed by atoms with Gasteiger partial charge in [0, 0.05) is 25.3 Å². The maximum absolute atomic E-state index is 14.4. The molecule has 0 unspecified atom stereocenters. The average Bonchev–Trinajstić information content (AvgIpc) is 2.75. The van der Waals surface area contributed by atoms with Crippen LogP contribution < -0.4 is 9.62 Å². The number of hydrogen-bond acceptors (Lipinski definition) is 3. The monoisotopic (exact) mass is 455 g/mol. The van der Waals surface area contributed by atoms with Crippen LogP contribution in [-0.4, -0.2) is 32.7 Å². The highest BCUT2D eigenvalue weighted by Crippen LogP contribution is 2.25. The third-order valence-corrected chi connectivity index (χ3v) is 6.85. The van der Waals surface area contributed by atoms with Crippen LogP contribution in [0.5, 0.6) is 0 Å². The number of nitrogens with zero attached hydrogens (tertiary/aromatic N) is 2. The Labute approximate surface area is 188 Å². The fraction of sp³-hybridized carbons (Fsp3) is 0.208. The highest BCUT2D eigenvalue weighted by atomic mass is 32.2. The van der Waals surface area contributed by atoms with E-state index in [0.29, 0.717) is 11.1 Å². The molecule has 168 valence electrons. The Morgan fingerprint density at radius 3 is 2.25 bits per heavy atom. The van der Waals surface area contributed by atoms with Crippen LogP contribution in [0, 0.1) is 19.7 Å². The minimum Gasteiger partial charge on any atom is -0.322 e. The number of rotatable bonds is 7. The van der Waals surface area contributed by atoms with Crippen molar-refractivity contribution in [2.24, 2.45) is 0 Å². The van der Waals surface area contributed by atoms with Crippen LogP contribution in [0.4, 0.5) is 15.8 Å². The van der Waals surface area contributed by atoms with E-state index in [9.17, 15) is 17.6 Å². The van der Waals surface area contributed by atoms with Crippen LogP contribution in [-0.2, 0) is 16.8 Å². The first kappa shape index (κ1) is 23.4. The van der Waals surface area contributed by atoms with Gasteiger partial charge in [-0.05, 0) is 60.9 Å². The van der Waals surface area contributed by atoms with E-state index in [1.165, 1.54) is 32.3 Å². The minimum atomic E-state index is -3.94. The molecule has 32 heavy (non-hydrogen) atoms. The van der Waals surface area contributed by atoms with E-state index in [1.54, 1.807) is 30.3 Å². The fourth-order valence-electron chi connectivity index (χ4n) is 3.13. The molecular formula is C24H26FN3O3S. The highest BCUT2D eigenvalue weighted by Gasteiger charge is 2.27. The molecule has 0 aliphatic carbocycles. The molecule has 3 rings (SSSR count). The standard InChI is InChI=1S/C24H26FN3O3S/c1-17-9-10-18(2)22(15-17)26-24(29)20-13-11-19(12-14-20)16-28(32(30,31)27(3)4)23-8-6-5-7-21(23)25/h5-15H,16H2,1-4H3,(H,26,29). The van der Waals surface area contributed by atoms with Gasteiger partial charge in [0.15, 0.2) is 0 Å². The predicted octanol–water partition coefficient (Wildman–Crippen LogP) is 4.51. The summed E-state index contributed by atoms with van der Waals surface area (Å²) in [7, 11) is -1.16. The largest absolute Gasteiger partial charge is 0.322 e. The Hall–Kier alpha value is -3.23. The molecule has 3 aromatic rings. The summed E-state index contributed by atoms with van der Waals surface area (Å²) in [4.78, 5) is 12.7. The number of amides is 1. The second-order valence-corrected chi connectivity index (χ2v) is 9.78. The van der Waals surface area contributed by atoms with Crippen LogP contribution in [0.1, 0.15) is 27.0 Å². The van der Waals surface area contributed by atoms with Gasteiger partial charge in [-0.15, -0.1) is 0 Å². The molecule has 0 fully saturated rings. The molecule has 0 saturated heterocycles. The SMILES string of the molecule is Cc1ccc(C)c(NC(=O)c2ccc(CN(c3ccccc3F)S(=O)(=O)N(C)C)cc2)c1. The maximum atomic E-state index is 14.4. The molecule has 1 N–H and O–H groups in total. The van der Waals surface area contributed by atoms with E-state index >= 15 is 0 Å². The molecule has 0 bridgehead atoms. The first-order chi connectivity index (χ1) is 15.1. The van der Waals surface area contributed by atoms with Crippen molar-refractivity contribution in [1.29, 1.82) is 0 Å². The molecule has 6 nitrogen and oxygen atoms in total. The molecule has 0 aliphatic rings. The lowest BCUT2D eigenvalue weighted by atomic mass is 10.1. The molecule has 0 aromatic heterocycles. The van der Waals surface area contributed by atoms with Crippen LogP contribution in [0.25, 0.3) is 0 Å². The quantitative estimate of drug-likeness (QED) is 0.570. The summed E-state index contributed by atoms with van der Waals surface area (Å²) in [5, 5.41) is 2.90. The summed E-state index contributed by atoms with van der Waals surface area (Å²) in [6.07, 6.45) is 0. The summed E-state index contributed by atoms with van der Waals surface area (Å²) in [6, 6.07) is 18.1. The van der Waals surface area contributed by atoms with E-state index < -0.39 is 16.0 Å². The van der Waals surface area contributed by atoms with Crippen LogP contribution in [0.2, 0.25) is 0 Å². The number of carbonyl (C=O) groups is 1. The average molecular weight is 456 g/mol. The number of hydrogen-bond donors (Lipinski definition) is 1. The van der Waals surface area contributed by atoms with Gasteiger partial charge >= 0.3 is 10.2 Å². The third-order valence-electron chi connectivity index (χ3n) is 5.04. The van der Waals surface area contributed by atoms with E-state index in [4.69, 9.17) is 0 Å². The summed E-state index contributed by atoms with van der Waals surface area (Å²) in [5.41, 5.74) is 3.73. The minimum absolute atomic E-state index is 0.0436. The van der Waals surface area contributed by atoms with Gasteiger partial charge in [0.05, 0.1) is 12.2 Å². The number of aryl methyl sites for hydroxylation is 2. The summed E-state index contributed by atoms with van der Waals surface area (Å²) >= 11 is 0.